The Morgan fingerprint density at radius 1 is 1.14 bits per heavy atom. The molecule has 106 valence electrons. The van der Waals surface area contributed by atoms with Gasteiger partial charge < -0.3 is 10.1 Å². The molecule has 1 N–H and O–H groups in total. The molecule has 0 radical (unpaired) electrons. The molecule has 0 aliphatic carbocycles. The predicted molar refractivity (Wildman–Crippen MR) is 83.2 cm³/mol. The third-order valence-electron chi connectivity index (χ3n) is 3.55. The third kappa shape index (κ3) is 3.31. The molecular weight excluding hydrogens is 262 g/mol. The van der Waals surface area contributed by atoms with Crippen LogP contribution >= 0.6 is 0 Å². The maximum absolute atomic E-state index is 11.8. The predicted octanol–water partition coefficient (Wildman–Crippen LogP) is 2.99. The van der Waals surface area contributed by atoms with Crippen LogP contribution in [-0.4, -0.2) is 19.1 Å². The molecule has 3 heteroatoms. The fourth-order valence-electron chi connectivity index (χ4n) is 2.42. The van der Waals surface area contributed by atoms with Crippen molar-refractivity contribution in [2.75, 3.05) is 13.2 Å². The van der Waals surface area contributed by atoms with E-state index in [1.54, 1.807) is 6.08 Å². The van der Waals surface area contributed by atoms with Gasteiger partial charge in [-0.25, -0.2) is 0 Å². The molecule has 3 rings (SSSR count). The number of benzene rings is 2. The van der Waals surface area contributed by atoms with Gasteiger partial charge in [-0.2, -0.15) is 0 Å². The van der Waals surface area contributed by atoms with E-state index in [0.29, 0.717) is 13.2 Å². The first kappa shape index (κ1) is 13.4. The second kappa shape index (κ2) is 6.27. The number of carbonyl (C=O) groups is 1. The molecule has 2 aromatic carbocycles. The minimum absolute atomic E-state index is 0.0803. The van der Waals surface area contributed by atoms with Gasteiger partial charge in [0.15, 0.2) is 0 Å². The van der Waals surface area contributed by atoms with Crippen molar-refractivity contribution in [1.29, 1.82) is 0 Å². The second-order valence-corrected chi connectivity index (χ2v) is 5.03. The molecule has 0 spiro atoms. The number of para-hydroxylation sites is 1. The maximum atomic E-state index is 11.8. The van der Waals surface area contributed by atoms with Gasteiger partial charge in [-0.1, -0.05) is 48.5 Å². The monoisotopic (exact) mass is 279 g/mol. The summed E-state index contributed by atoms with van der Waals surface area (Å²) >= 11 is 0. The summed E-state index contributed by atoms with van der Waals surface area (Å²) in [6.45, 7) is 1.22. The maximum Gasteiger partial charge on any atom is 0.244 e. The Balaban J connectivity index is 1.54. The van der Waals surface area contributed by atoms with Crippen molar-refractivity contribution in [2.45, 2.75) is 5.92 Å². The van der Waals surface area contributed by atoms with Gasteiger partial charge in [-0.15, -0.1) is 0 Å². The van der Waals surface area contributed by atoms with Crippen LogP contribution in [-0.2, 0) is 4.79 Å². The van der Waals surface area contributed by atoms with Crippen molar-refractivity contribution in [3.63, 3.8) is 0 Å². The molecule has 1 amide bonds. The quantitative estimate of drug-likeness (QED) is 0.874. The van der Waals surface area contributed by atoms with Crippen molar-refractivity contribution in [3.05, 3.63) is 71.8 Å². The lowest BCUT2D eigenvalue weighted by Gasteiger charge is -2.08. The van der Waals surface area contributed by atoms with Crippen molar-refractivity contribution in [1.82, 2.24) is 5.32 Å². The van der Waals surface area contributed by atoms with Crippen LogP contribution in [0.5, 0.6) is 5.75 Å². The van der Waals surface area contributed by atoms with Gasteiger partial charge >= 0.3 is 0 Å². The minimum Gasteiger partial charge on any atom is -0.493 e. The topological polar surface area (TPSA) is 38.3 Å². The summed E-state index contributed by atoms with van der Waals surface area (Å²) in [7, 11) is 0. The molecule has 1 aliphatic heterocycles. The number of ether oxygens (including phenoxy) is 1. The minimum atomic E-state index is -0.0803. The van der Waals surface area contributed by atoms with Crippen LogP contribution in [0.3, 0.4) is 0 Å². The third-order valence-corrected chi connectivity index (χ3v) is 3.55. The van der Waals surface area contributed by atoms with Crippen LogP contribution in [0.4, 0.5) is 0 Å². The summed E-state index contributed by atoms with van der Waals surface area (Å²) in [5, 5.41) is 2.93. The Labute approximate surface area is 124 Å². The Bertz CT molecular complexity index is 649. The first-order valence-corrected chi connectivity index (χ1v) is 7.05. The molecule has 1 atom stereocenters. The summed E-state index contributed by atoms with van der Waals surface area (Å²) in [5.41, 5.74) is 2.19. The highest BCUT2D eigenvalue weighted by atomic mass is 16.5. The van der Waals surface area contributed by atoms with Gasteiger partial charge in [0, 0.05) is 24.1 Å². The Hall–Kier alpha value is -2.55. The number of carbonyl (C=O) groups excluding carboxylic acids is 1. The highest BCUT2D eigenvalue weighted by molar-refractivity contribution is 5.91. The SMILES string of the molecule is O=C(/C=C/c1ccccc1)NC[C@@H]1COc2ccccc21. The van der Waals surface area contributed by atoms with E-state index in [1.165, 1.54) is 5.56 Å². The molecule has 3 nitrogen and oxygen atoms in total. The van der Waals surface area contributed by atoms with Gasteiger partial charge in [0.05, 0.1) is 6.61 Å². The highest BCUT2D eigenvalue weighted by Crippen LogP contribution is 2.32. The summed E-state index contributed by atoms with van der Waals surface area (Å²) in [6, 6.07) is 17.8. The first-order chi connectivity index (χ1) is 10.3. The summed E-state index contributed by atoms with van der Waals surface area (Å²) < 4.78 is 5.60. The summed E-state index contributed by atoms with van der Waals surface area (Å²) in [6.07, 6.45) is 3.38. The van der Waals surface area contributed by atoms with Gasteiger partial charge in [0.1, 0.15) is 5.75 Å². The molecular formula is C18H17NO2. The van der Waals surface area contributed by atoms with Crippen LogP contribution in [0, 0.1) is 0 Å². The molecule has 0 bridgehead atoms. The van der Waals surface area contributed by atoms with Gasteiger partial charge in [-0.3, -0.25) is 4.79 Å². The van der Waals surface area contributed by atoms with Gasteiger partial charge in [0.2, 0.25) is 5.91 Å². The van der Waals surface area contributed by atoms with Crippen LogP contribution < -0.4 is 10.1 Å². The molecule has 0 saturated carbocycles. The van der Waals surface area contributed by atoms with E-state index in [-0.39, 0.29) is 11.8 Å². The van der Waals surface area contributed by atoms with Crippen LogP contribution in [0.15, 0.2) is 60.7 Å². The molecule has 1 heterocycles. The number of hydrogen-bond acceptors (Lipinski definition) is 2. The zero-order valence-corrected chi connectivity index (χ0v) is 11.7. The number of rotatable bonds is 4. The second-order valence-electron chi connectivity index (χ2n) is 5.03. The molecule has 0 fully saturated rings. The highest BCUT2D eigenvalue weighted by Gasteiger charge is 2.23. The number of amides is 1. The molecule has 0 aromatic heterocycles. The normalized spacial score (nSPS) is 16.5. The molecule has 21 heavy (non-hydrogen) atoms. The molecule has 1 aliphatic rings. The summed E-state index contributed by atoms with van der Waals surface area (Å²) in [5.74, 6) is 1.08. The van der Waals surface area contributed by atoms with Crippen LogP contribution in [0.25, 0.3) is 6.08 Å². The van der Waals surface area contributed by atoms with E-state index in [2.05, 4.69) is 11.4 Å². The largest absolute Gasteiger partial charge is 0.493 e. The Morgan fingerprint density at radius 3 is 2.76 bits per heavy atom. The number of fused-ring (bicyclic) bond motifs is 1. The number of hydrogen-bond donors (Lipinski definition) is 1. The van der Waals surface area contributed by atoms with Crippen LogP contribution in [0.2, 0.25) is 0 Å². The van der Waals surface area contributed by atoms with Crippen molar-refractivity contribution >= 4 is 12.0 Å². The van der Waals surface area contributed by atoms with E-state index >= 15 is 0 Å². The Morgan fingerprint density at radius 2 is 1.90 bits per heavy atom. The lowest BCUT2D eigenvalue weighted by atomic mass is 10.0. The fraction of sp³-hybridized carbons (Fsp3) is 0.167. The zero-order valence-electron chi connectivity index (χ0n) is 11.7. The lowest BCUT2D eigenvalue weighted by Crippen LogP contribution is -2.27. The first-order valence-electron chi connectivity index (χ1n) is 7.05. The van der Waals surface area contributed by atoms with Crippen molar-refractivity contribution in [3.8, 4) is 5.75 Å². The van der Waals surface area contributed by atoms with Crippen LogP contribution in [0.1, 0.15) is 17.0 Å². The standard InChI is InChI=1S/C18H17NO2/c20-18(11-10-14-6-2-1-3-7-14)19-12-15-13-21-17-9-5-4-8-16(15)17/h1-11,15H,12-13H2,(H,19,20)/b11-10+/t15-/m1/s1. The average molecular weight is 279 g/mol. The smallest absolute Gasteiger partial charge is 0.244 e. The van der Waals surface area contributed by atoms with E-state index < -0.39 is 0 Å². The van der Waals surface area contributed by atoms with Crippen molar-refractivity contribution < 1.29 is 9.53 Å². The molecule has 2 aromatic rings. The fourth-order valence-corrected chi connectivity index (χ4v) is 2.42. The van der Waals surface area contributed by atoms with Crippen molar-refractivity contribution in [2.24, 2.45) is 0 Å². The zero-order chi connectivity index (χ0) is 14.5. The van der Waals surface area contributed by atoms with Gasteiger partial charge in [0.25, 0.3) is 0 Å². The molecule has 0 unspecified atom stereocenters. The molecule has 0 saturated heterocycles. The van der Waals surface area contributed by atoms with Gasteiger partial charge in [-0.05, 0) is 17.7 Å². The van der Waals surface area contributed by atoms with E-state index in [1.807, 2.05) is 54.6 Å². The summed E-state index contributed by atoms with van der Waals surface area (Å²) in [4.78, 5) is 11.8. The Kier molecular flexibility index (Phi) is 4.01. The number of nitrogens with one attached hydrogen (secondary N) is 1. The van der Waals surface area contributed by atoms with E-state index in [0.717, 1.165) is 11.3 Å². The van der Waals surface area contributed by atoms with E-state index in [9.17, 15) is 4.79 Å². The van der Waals surface area contributed by atoms with E-state index in [4.69, 9.17) is 4.74 Å². The average Bonchev–Trinajstić information content (AvgIpc) is 2.95. The lowest BCUT2D eigenvalue weighted by molar-refractivity contribution is -0.116.